The van der Waals surface area contributed by atoms with E-state index in [1.54, 1.807) is 0 Å². The van der Waals surface area contributed by atoms with E-state index in [1.807, 2.05) is 0 Å². The van der Waals surface area contributed by atoms with E-state index in [0.29, 0.717) is 5.02 Å². The molecule has 0 aliphatic rings. The first-order valence-electron chi connectivity index (χ1n) is 5.60. The standard InChI is InChI=1S/C12H9Cl2N5O2/c13-9-4-3-8(7-10(9)14)11(18-15)12(20)21-6-2-1-5-17-19-16/h1-4,7H,5-6H2/b2-1+. The van der Waals surface area contributed by atoms with Crippen LogP contribution in [-0.2, 0) is 9.53 Å². The molecule has 0 fully saturated rings. The smallest absolute Gasteiger partial charge is 0.422 e. The minimum absolute atomic E-state index is 0.0554. The van der Waals surface area contributed by atoms with Crippen molar-refractivity contribution in [2.75, 3.05) is 13.2 Å². The highest BCUT2D eigenvalue weighted by Crippen LogP contribution is 2.22. The first-order valence-corrected chi connectivity index (χ1v) is 6.36. The fourth-order valence-corrected chi connectivity index (χ4v) is 1.58. The molecule has 0 unspecified atom stereocenters. The molecule has 1 aromatic rings. The summed E-state index contributed by atoms with van der Waals surface area (Å²) in [7, 11) is 0. The molecule has 0 bridgehead atoms. The molecule has 1 rings (SSSR count). The van der Waals surface area contributed by atoms with E-state index < -0.39 is 5.97 Å². The Morgan fingerprint density at radius 1 is 1.29 bits per heavy atom. The van der Waals surface area contributed by atoms with Crippen LogP contribution in [0.3, 0.4) is 0 Å². The fourth-order valence-electron chi connectivity index (χ4n) is 1.28. The molecule has 0 amide bonds. The number of nitrogens with zero attached hydrogens (tertiary/aromatic N) is 5. The highest BCUT2D eigenvalue weighted by Gasteiger charge is 2.24. The third-order valence-electron chi connectivity index (χ3n) is 2.21. The number of ether oxygens (including phenoxy) is 1. The van der Waals surface area contributed by atoms with Gasteiger partial charge in [-0.15, -0.1) is 0 Å². The number of carbonyl (C=O) groups excluding carboxylic acids is 1. The lowest BCUT2D eigenvalue weighted by Crippen LogP contribution is -2.20. The lowest BCUT2D eigenvalue weighted by Gasteiger charge is -2.00. The normalized spacial score (nSPS) is 9.81. The van der Waals surface area contributed by atoms with E-state index in [2.05, 4.69) is 14.8 Å². The lowest BCUT2D eigenvalue weighted by molar-refractivity contribution is -0.138. The van der Waals surface area contributed by atoms with Gasteiger partial charge in [-0.2, -0.15) is 4.79 Å². The quantitative estimate of drug-likeness (QED) is 0.199. The minimum atomic E-state index is -0.829. The average Bonchev–Trinajstić information content (AvgIpc) is 2.47. The van der Waals surface area contributed by atoms with Gasteiger partial charge in [-0.25, -0.2) is 4.79 Å². The van der Waals surface area contributed by atoms with Crippen LogP contribution in [0.2, 0.25) is 10.0 Å². The van der Waals surface area contributed by atoms with Crippen LogP contribution in [0, 0.1) is 0 Å². The summed E-state index contributed by atoms with van der Waals surface area (Å²) in [6.45, 7) is 0.0991. The molecule has 0 atom stereocenters. The molecule has 0 aromatic heterocycles. The van der Waals surface area contributed by atoms with Crippen molar-refractivity contribution in [3.8, 4) is 0 Å². The third-order valence-corrected chi connectivity index (χ3v) is 2.95. The van der Waals surface area contributed by atoms with Gasteiger partial charge in [0.2, 0.25) is 0 Å². The Labute approximate surface area is 130 Å². The van der Waals surface area contributed by atoms with Gasteiger partial charge in [0.05, 0.1) is 15.6 Å². The van der Waals surface area contributed by atoms with E-state index in [9.17, 15) is 4.79 Å². The predicted octanol–water partition coefficient (Wildman–Crippen LogP) is 3.42. The molecule has 9 heteroatoms. The molecule has 0 radical (unpaired) electrons. The first kappa shape index (κ1) is 16.8. The Morgan fingerprint density at radius 3 is 2.67 bits per heavy atom. The Bertz CT molecular complexity index is 662. The molecule has 0 N–H and O–H groups in total. The fraction of sp³-hybridized carbons (Fsp3) is 0.167. The summed E-state index contributed by atoms with van der Waals surface area (Å²) < 4.78 is 4.87. The highest BCUT2D eigenvalue weighted by atomic mass is 35.5. The molecule has 108 valence electrons. The third kappa shape index (κ3) is 5.30. The number of rotatable bonds is 6. The second-order valence-electron chi connectivity index (χ2n) is 3.56. The van der Waals surface area contributed by atoms with Gasteiger partial charge in [0, 0.05) is 11.5 Å². The maximum atomic E-state index is 11.8. The Balaban J connectivity index is 2.70. The molecular formula is C12H9Cl2N5O2. The van der Waals surface area contributed by atoms with Crippen molar-refractivity contribution < 1.29 is 14.3 Å². The SMILES string of the molecule is [N-]=[N+]=NC/C=C/COC(=O)C(=[N+]=[N-])c1ccc(Cl)c(Cl)c1. The zero-order valence-corrected chi connectivity index (χ0v) is 12.1. The molecule has 0 heterocycles. The Hall–Kier alpha value is -2.30. The van der Waals surface area contributed by atoms with Gasteiger partial charge in [0.15, 0.2) is 0 Å². The van der Waals surface area contributed by atoms with Crippen LogP contribution in [0.4, 0.5) is 0 Å². The molecule has 0 aliphatic heterocycles. The summed E-state index contributed by atoms with van der Waals surface area (Å²) in [5.74, 6) is -0.829. The second-order valence-corrected chi connectivity index (χ2v) is 4.38. The van der Waals surface area contributed by atoms with E-state index in [4.69, 9.17) is 39.0 Å². The molecule has 0 spiro atoms. The maximum Gasteiger partial charge on any atom is 0.422 e. The van der Waals surface area contributed by atoms with Gasteiger partial charge in [-0.3, -0.25) is 0 Å². The summed E-state index contributed by atoms with van der Waals surface area (Å²) in [4.78, 5) is 17.2. The van der Waals surface area contributed by atoms with Crippen molar-refractivity contribution in [2.45, 2.75) is 0 Å². The molecule has 0 aliphatic carbocycles. The molecule has 21 heavy (non-hydrogen) atoms. The number of halogens is 2. The summed E-state index contributed by atoms with van der Waals surface area (Å²) >= 11 is 11.6. The van der Waals surface area contributed by atoms with Crippen molar-refractivity contribution >= 4 is 34.9 Å². The van der Waals surface area contributed by atoms with Gasteiger partial charge in [0.25, 0.3) is 0 Å². The van der Waals surface area contributed by atoms with Gasteiger partial charge in [0.1, 0.15) is 6.61 Å². The summed E-state index contributed by atoms with van der Waals surface area (Å²) in [5.41, 5.74) is 17.0. The van der Waals surface area contributed by atoms with E-state index in [1.165, 1.54) is 30.4 Å². The Kier molecular flexibility index (Phi) is 7.01. The zero-order chi connectivity index (χ0) is 15.7. The van der Waals surface area contributed by atoms with Crippen LogP contribution in [-0.4, -0.2) is 29.6 Å². The van der Waals surface area contributed by atoms with Crippen molar-refractivity contribution in [1.29, 1.82) is 0 Å². The van der Waals surface area contributed by atoms with Crippen LogP contribution < -0.4 is 0 Å². The molecular weight excluding hydrogens is 317 g/mol. The molecule has 0 saturated heterocycles. The second kappa shape index (κ2) is 8.79. The van der Waals surface area contributed by atoms with Crippen LogP contribution in [0.1, 0.15) is 5.56 Å². The molecule has 0 saturated carbocycles. The van der Waals surface area contributed by atoms with Crippen LogP contribution in [0.25, 0.3) is 16.0 Å². The number of azide groups is 1. The monoisotopic (exact) mass is 325 g/mol. The van der Waals surface area contributed by atoms with Gasteiger partial charge in [-0.1, -0.05) is 40.5 Å². The largest absolute Gasteiger partial charge is 0.453 e. The number of carbonyl (C=O) groups is 1. The number of esters is 1. The number of hydrogen-bond donors (Lipinski definition) is 0. The first-order chi connectivity index (χ1) is 10.1. The van der Waals surface area contributed by atoms with Crippen LogP contribution in [0.5, 0.6) is 0 Å². The minimum Gasteiger partial charge on any atom is -0.453 e. The lowest BCUT2D eigenvalue weighted by atomic mass is 10.1. The van der Waals surface area contributed by atoms with Crippen LogP contribution in [0.15, 0.2) is 35.5 Å². The molecule has 1 aromatic carbocycles. The van der Waals surface area contributed by atoms with Crippen molar-refractivity contribution in [3.05, 3.63) is 61.9 Å². The van der Waals surface area contributed by atoms with Crippen LogP contribution >= 0.6 is 23.2 Å². The number of hydrogen-bond acceptors (Lipinski definition) is 3. The molecule has 7 nitrogen and oxygen atoms in total. The van der Waals surface area contributed by atoms with Crippen molar-refractivity contribution in [1.82, 2.24) is 0 Å². The van der Waals surface area contributed by atoms with Crippen molar-refractivity contribution in [3.63, 3.8) is 0 Å². The van der Waals surface area contributed by atoms with E-state index in [0.717, 1.165) is 0 Å². The van der Waals surface area contributed by atoms with Gasteiger partial charge < -0.3 is 10.3 Å². The summed E-state index contributed by atoms with van der Waals surface area (Å²) in [5, 5.41) is 3.80. The zero-order valence-electron chi connectivity index (χ0n) is 10.6. The highest BCUT2D eigenvalue weighted by molar-refractivity contribution is 6.44. The van der Waals surface area contributed by atoms with Gasteiger partial charge in [-0.05, 0) is 23.7 Å². The van der Waals surface area contributed by atoms with E-state index in [-0.39, 0.29) is 29.4 Å². The average molecular weight is 326 g/mol. The maximum absolute atomic E-state index is 11.8. The summed E-state index contributed by atoms with van der Waals surface area (Å²) in [6.07, 6.45) is 3.03. The van der Waals surface area contributed by atoms with Gasteiger partial charge >= 0.3 is 11.7 Å². The van der Waals surface area contributed by atoms with E-state index >= 15 is 0 Å². The predicted molar refractivity (Wildman–Crippen MR) is 78.3 cm³/mol. The topological polar surface area (TPSA) is 111 Å². The number of benzene rings is 1. The summed E-state index contributed by atoms with van der Waals surface area (Å²) in [6, 6.07) is 4.33. The Morgan fingerprint density at radius 2 is 2.05 bits per heavy atom. The van der Waals surface area contributed by atoms with Crippen molar-refractivity contribution in [2.24, 2.45) is 5.11 Å².